The number of nitrogens with zero attached hydrogens (tertiary/aromatic N) is 1. The molecule has 1 aromatic rings. The Morgan fingerprint density at radius 3 is 2.32 bits per heavy atom. The first-order valence-corrected chi connectivity index (χ1v) is 6.27. The highest BCUT2D eigenvalue weighted by atomic mass is 35.5. The highest BCUT2D eigenvalue weighted by Gasteiger charge is 2.33. The molecule has 0 unspecified atom stereocenters. The first-order chi connectivity index (χ1) is 8.70. The van der Waals surface area contributed by atoms with Gasteiger partial charge in [0.2, 0.25) is 5.91 Å². The van der Waals surface area contributed by atoms with E-state index in [4.69, 9.17) is 45.7 Å². The zero-order valence-corrected chi connectivity index (χ0v) is 12.4. The fraction of sp³-hybridized carbons (Fsp3) is 0.273. The molecule has 1 amide bonds. The maximum atomic E-state index is 12.1. The van der Waals surface area contributed by atoms with E-state index in [1.165, 1.54) is 26.0 Å². The maximum Gasteiger partial charge on any atom is 0.237 e. The first kappa shape index (κ1) is 15.9. The number of hydrogen-bond acceptors (Lipinski definition) is 3. The van der Waals surface area contributed by atoms with E-state index in [-0.39, 0.29) is 20.9 Å². The maximum absolute atomic E-state index is 12.1. The normalized spacial score (nSPS) is 12.4. The third-order valence-electron chi connectivity index (χ3n) is 2.57. The van der Waals surface area contributed by atoms with Gasteiger partial charge in [0.15, 0.2) is 5.84 Å². The molecule has 0 spiro atoms. The quantitative estimate of drug-likeness (QED) is 0.262. The highest BCUT2D eigenvalue weighted by Crippen LogP contribution is 2.33. The van der Waals surface area contributed by atoms with Gasteiger partial charge in [-0.15, -0.1) is 0 Å². The van der Waals surface area contributed by atoms with Crippen molar-refractivity contribution in [1.82, 2.24) is 0 Å². The topological polar surface area (TPSA) is 87.7 Å². The smallest absolute Gasteiger partial charge is 0.237 e. The zero-order chi connectivity index (χ0) is 14.8. The van der Waals surface area contributed by atoms with Gasteiger partial charge in [0.05, 0.1) is 20.8 Å². The molecule has 4 N–H and O–H groups in total. The summed E-state index contributed by atoms with van der Waals surface area (Å²) >= 11 is 17.6. The van der Waals surface area contributed by atoms with Gasteiger partial charge in [-0.1, -0.05) is 40.0 Å². The molecule has 0 saturated carbocycles. The Labute approximate surface area is 125 Å². The molecule has 5 nitrogen and oxygen atoms in total. The summed E-state index contributed by atoms with van der Waals surface area (Å²) in [4.78, 5) is 12.1. The first-order valence-electron chi connectivity index (χ1n) is 5.14. The predicted molar refractivity (Wildman–Crippen MR) is 77.3 cm³/mol. The van der Waals surface area contributed by atoms with Crippen LogP contribution in [0.1, 0.15) is 13.8 Å². The number of hydrogen-bond donors (Lipinski definition) is 3. The average molecular weight is 325 g/mol. The highest BCUT2D eigenvalue weighted by molar-refractivity contribution is 6.44. The lowest BCUT2D eigenvalue weighted by atomic mass is 9.91. The van der Waals surface area contributed by atoms with Crippen LogP contribution in [0.5, 0.6) is 0 Å². The standard InChI is InChI=1S/C11H12Cl3N3O2/c1-11(2,9(15)17-19)10(18)16-8-4-6(13)5(12)3-7(8)14/h3-4,19H,1-2H3,(H2,15,17)(H,16,18). The molecule has 104 valence electrons. The number of carbonyl (C=O) groups is 1. The molecule has 0 bridgehead atoms. The minimum absolute atomic E-state index is 0.221. The number of carbonyl (C=O) groups excluding carboxylic acids is 1. The molecule has 0 heterocycles. The predicted octanol–water partition coefficient (Wildman–Crippen LogP) is 3.36. The Hall–Kier alpha value is -1.17. The number of amidine groups is 1. The van der Waals surface area contributed by atoms with Crippen molar-refractivity contribution in [2.24, 2.45) is 16.3 Å². The number of rotatable bonds is 3. The SMILES string of the molecule is CC(C)(C(=O)Nc1cc(Cl)c(Cl)cc1Cl)C(N)=NO. The van der Waals surface area contributed by atoms with Crippen molar-refractivity contribution >= 4 is 52.2 Å². The number of oxime groups is 1. The number of anilines is 1. The van der Waals surface area contributed by atoms with E-state index in [1.54, 1.807) is 0 Å². The van der Waals surface area contributed by atoms with Gasteiger partial charge >= 0.3 is 0 Å². The Bertz CT molecular complexity index is 544. The minimum atomic E-state index is -1.20. The third kappa shape index (κ3) is 3.43. The van der Waals surface area contributed by atoms with E-state index in [9.17, 15) is 4.79 Å². The lowest BCUT2D eigenvalue weighted by molar-refractivity contribution is -0.121. The van der Waals surface area contributed by atoms with Crippen molar-refractivity contribution in [3.63, 3.8) is 0 Å². The molecule has 0 fully saturated rings. The molecule has 0 aromatic heterocycles. The van der Waals surface area contributed by atoms with Gasteiger partial charge in [-0.25, -0.2) is 0 Å². The van der Waals surface area contributed by atoms with Crippen LogP contribution in [0.3, 0.4) is 0 Å². The Morgan fingerprint density at radius 2 is 1.79 bits per heavy atom. The van der Waals surface area contributed by atoms with E-state index in [2.05, 4.69) is 10.5 Å². The van der Waals surface area contributed by atoms with Crippen molar-refractivity contribution < 1.29 is 10.0 Å². The molecule has 0 aliphatic rings. The second-order valence-electron chi connectivity index (χ2n) is 4.31. The van der Waals surface area contributed by atoms with E-state index < -0.39 is 11.3 Å². The van der Waals surface area contributed by atoms with Gasteiger partial charge < -0.3 is 16.3 Å². The minimum Gasteiger partial charge on any atom is -0.409 e. The van der Waals surface area contributed by atoms with Crippen molar-refractivity contribution in [1.29, 1.82) is 0 Å². The summed E-state index contributed by atoms with van der Waals surface area (Å²) in [6.45, 7) is 3.01. The van der Waals surface area contributed by atoms with Crippen LogP contribution in [0.4, 0.5) is 5.69 Å². The number of benzene rings is 1. The third-order valence-corrected chi connectivity index (χ3v) is 3.61. The summed E-state index contributed by atoms with van der Waals surface area (Å²) in [5.41, 5.74) is 4.54. The number of nitrogens with two attached hydrogens (primary N) is 1. The lowest BCUT2D eigenvalue weighted by Crippen LogP contribution is -2.42. The van der Waals surface area contributed by atoms with Crippen LogP contribution in [0.25, 0.3) is 0 Å². The van der Waals surface area contributed by atoms with Crippen molar-refractivity contribution in [2.75, 3.05) is 5.32 Å². The summed E-state index contributed by atoms with van der Waals surface area (Å²) in [6.07, 6.45) is 0. The molecule has 0 radical (unpaired) electrons. The van der Waals surface area contributed by atoms with Crippen LogP contribution in [0.2, 0.25) is 15.1 Å². The molecule has 19 heavy (non-hydrogen) atoms. The fourth-order valence-electron chi connectivity index (χ4n) is 1.14. The summed E-state index contributed by atoms with van der Waals surface area (Å²) in [5, 5.41) is 14.8. The molecule has 0 aliphatic carbocycles. The van der Waals surface area contributed by atoms with E-state index >= 15 is 0 Å². The van der Waals surface area contributed by atoms with E-state index in [1.807, 2.05) is 0 Å². The van der Waals surface area contributed by atoms with Gasteiger partial charge in [-0.3, -0.25) is 4.79 Å². The summed E-state index contributed by atoms with van der Waals surface area (Å²) in [7, 11) is 0. The second kappa shape index (κ2) is 5.86. The van der Waals surface area contributed by atoms with E-state index in [0.717, 1.165) is 0 Å². The van der Waals surface area contributed by atoms with Crippen LogP contribution in [0.15, 0.2) is 17.3 Å². The van der Waals surface area contributed by atoms with Crippen molar-refractivity contribution in [3.05, 3.63) is 27.2 Å². The van der Waals surface area contributed by atoms with Crippen LogP contribution in [0, 0.1) is 5.41 Å². The van der Waals surface area contributed by atoms with Crippen LogP contribution in [-0.4, -0.2) is 17.0 Å². The molecular weight excluding hydrogens is 312 g/mol. The van der Waals surface area contributed by atoms with Gasteiger partial charge in [-0.2, -0.15) is 0 Å². The summed E-state index contributed by atoms with van der Waals surface area (Å²) < 4.78 is 0. The Morgan fingerprint density at radius 1 is 1.26 bits per heavy atom. The molecule has 1 aromatic carbocycles. The Balaban J connectivity index is 3.04. The van der Waals surface area contributed by atoms with E-state index in [0.29, 0.717) is 5.69 Å². The molecule has 0 saturated heterocycles. The largest absolute Gasteiger partial charge is 0.409 e. The molecule has 0 aliphatic heterocycles. The number of nitrogens with one attached hydrogen (secondary N) is 1. The molecule has 8 heteroatoms. The summed E-state index contributed by atoms with van der Waals surface area (Å²) in [5.74, 6) is -0.718. The van der Waals surface area contributed by atoms with Gasteiger partial charge in [0, 0.05) is 0 Å². The van der Waals surface area contributed by atoms with Gasteiger partial charge in [0.1, 0.15) is 5.41 Å². The fourth-order valence-corrected chi connectivity index (χ4v) is 1.73. The number of halogens is 3. The Kier molecular flexibility index (Phi) is 4.90. The molecule has 1 rings (SSSR count). The van der Waals surface area contributed by atoms with Gasteiger partial charge in [0.25, 0.3) is 0 Å². The van der Waals surface area contributed by atoms with Crippen LogP contribution in [-0.2, 0) is 4.79 Å². The summed E-state index contributed by atoms with van der Waals surface area (Å²) in [6, 6.07) is 2.84. The van der Waals surface area contributed by atoms with Crippen molar-refractivity contribution in [2.45, 2.75) is 13.8 Å². The van der Waals surface area contributed by atoms with Crippen LogP contribution >= 0.6 is 34.8 Å². The monoisotopic (exact) mass is 323 g/mol. The van der Waals surface area contributed by atoms with Crippen LogP contribution < -0.4 is 11.1 Å². The zero-order valence-electron chi connectivity index (χ0n) is 10.2. The molecule has 0 atom stereocenters. The lowest BCUT2D eigenvalue weighted by Gasteiger charge is -2.22. The number of amides is 1. The van der Waals surface area contributed by atoms with Gasteiger partial charge in [-0.05, 0) is 26.0 Å². The second-order valence-corrected chi connectivity index (χ2v) is 5.53. The molecular formula is C11H12Cl3N3O2. The average Bonchev–Trinajstić information content (AvgIpc) is 2.34. The van der Waals surface area contributed by atoms with Crippen molar-refractivity contribution in [3.8, 4) is 0 Å².